The highest BCUT2D eigenvalue weighted by Gasteiger charge is 2.03. The van der Waals surface area contributed by atoms with Gasteiger partial charge < -0.3 is 5.73 Å². The second kappa shape index (κ2) is 5.81. The molecule has 0 aliphatic heterocycles. The lowest BCUT2D eigenvalue weighted by Gasteiger charge is -2.09. The van der Waals surface area contributed by atoms with E-state index in [-0.39, 0.29) is 5.91 Å². The average Bonchev–Trinajstić information content (AvgIpc) is 2.35. The van der Waals surface area contributed by atoms with Gasteiger partial charge in [0, 0.05) is 18.7 Å². The average molecular weight is 234 g/mol. The molecule has 17 heavy (non-hydrogen) atoms. The first-order valence-corrected chi connectivity index (χ1v) is 4.94. The second-order valence-corrected chi connectivity index (χ2v) is 3.34. The number of primary amides is 1. The Morgan fingerprint density at radius 2 is 2.12 bits per heavy atom. The van der Waals surface area contributed by atoms with Crippen molar-refractivity contribution >= 4 is 17.9 Å². The van der Waals surface area contributed by atoms with Crippen LogP contribution in [0.2, 0.25) is 0 Å². The maximum Gasteiger partial charge on any atom is 0.269 e. The first kappa shape index (κ1) is 12.9. The molecule has 90 valence electrons. The zero-order valence-corrected chi connectivity index (χ0v) is 9.71. The topological polar surface area (TPSA) is 72.6 Å². The maximum absolute atomic E-state index is 11.4. The zero-order valence-electron chi connectivity index (χ0n) is 9.71. The molecule has 5 nitrogen and oxygen atoms in total. The number of hydrogen-bond donors (Lipinski definition) is 1. The van der Waals surface area contributed by atoms with Crippen LogP contribution in [0.3, 0.4) is 0 Å². The third kappa shape index (κ3) is 3.73. The fourth-order valence-corrected chi connectivity index (χ4v) is 1.16. The Hall–Kier alpha value is -2.14. The Kier molecular flexibility index (Phi) is 4.42. The summed E-state index contributed by atoms with van der Waals surface area (Å²) in [6, 6.07) is 6.69. The molecule has 0 aliphatic rings. The summed E-state index contributed by atoms with van der Waals surface area (Å²) in [6.45, 7) is 0. The Bertz CT molecular complexity index is 455. The molecule has 0 bridgehead atoms. The first-order chi connectivity index (χ1) is 8.04. The van der Waals surface area contributed by atoms with Gasteiger partial charge in [0.2, 0.25) is 5.91 Å². The van der Waals surface area contributed by atoms with E-state index in [1.807, 2.05) is 0 Å². The number of hydrogen-bond acceptors (Lipinski definition) is 3. The van der Waals surface area contributed by atoms with Crippen molar-refractivity contribution in [1.82, 2.24) is 5.06 Å². The van der Waals surface area contributed by atoms with Crippen molar-refractivity contribution in [3.63, 3.8) is 0 Å². The van der Waals surface area contributed by atoms with Gasteiger partial charge in [0.15, 0.2) is 0 Å². The molecule has 0 fully saturated rings. The van der Waals surface area contributed by atoms with E-state index in [0.717, 1.165) is 10.6 Å². The monoisotopic (exact) mass is 234 g/mol. The fraction of sp³-hybridized carbons (Fsp3) is 0.167. The molecule has 1 aromatic rings. The van der Waals surface area contributed by atoms with Crippen LogP contribution in [0.4, 0.5) is 0 Å². The quantitative estimate of drug-likeness (QED) is 0.619. The van der Waals surface area contributed by atoms with Crippen molar-refractivity contribution in [2.45, 2.75) is 0 Å². The minimum Gasteiger partial charge on any atom is -0.366 e. The van der Waals surface area contributed by atoms with E-state index in [0.29, 0.717) is 5.56 Å². The Morgan fingerprint density at radius 3 is 2.71 bits per heavy atom. The molecule has 0 unspecified atom stereocenters. The molecule has 2 N–H and O–H groups in total. The molecule has 0 spiro atoms. The molecule has 2 amide bonds. The van der Waals surface area contributed by atoms with Gasteiger partial charge in [0.25, 0.3) is 5.91 Å². The van der Waals surface area contributed by atoms with Gasteiger partial charge in [-0.3, -0.25) is 14.4 Å². The fourth-order valence-electron chi connectivity index (χ4n) is 1.16. The lowest BCUT2D eigenvalue weighted by molar-refractivity contribution is -0.162. The molecular formula is C12H14N2O3. The largest absolute Gasteiger partial charge is 0.366 e. The molecule has 0 heterocycles. The van der Waals surface area contributed by atoms with Gasteiger partial charge in [-0.25, -0.2) is 5.06 Å². The third-order valence-corrected chi connectivity index (χ3v) is 2.17. The van der Waals surface area contributed by atoms with Gasteiger partial charge in [0.05, 0.1) is 7.11 Å². The van der Waals surface area contributed by atoms with Crippen LogP contribution in [0.15, 0.2) is 30.3 Å². The Balaban J connectivity index is 2.81. The molecule has 0 atom stereocenters. The van der Waals surface area contributed by atoms with Crippen molar-refractivity contribution in [3.05, 3.63) is 41.5 Å². The maximum atomic E-state index is 11.4. The lowest BCUT2D eigenvalue weighted by atomic mass is 10.1. The van der Waals surface area contributed by atoms with E-state index in [1.54, 1.807) is 30.3 Å². The van der Waals surface area contributed by atoms with Gasteiger partial charge in [-0.15, -0.1) is 0 Å². The number of nitrogens with two attached hydrogens (primary N) is 1. The summed E-state index contributed by atoms with van der Waals surface area (Å²) in [5.41, 5.74) is 6.27. The number of benzene rings is 1. The number of carbonyl (C=O) groups is 2. The first-order valence-electron chi connectivity index (χ1n) is 4.94. The Morgan fingerprint density at radius 1 is 1.41 bits per heavy atom. The van der Waals surface area contributed by atoms with Crippen LogP contribution in [0, 0.1) is 0 Å². The summed E-state index contributed by atoms with van der Waals surface area (Å²) in [4.78, 5) is 27.1. The summed E-state index contributed by atoms with van der Waals surface area (Å²) >= 11 is 0. The number of likely N-dealkylation sites (N-methyl/N-ethyl adjacent to an activating group) is 1. The number of carbonyl (C=O) groups excluding carboxylic acids is 2. The van der Waals surface area contributed by atoms with Crippen molar-refractivity contribution in [2.24, 2.45) is 5.73 Å². The van der Waals surface area contributed by atoms with Crippen molar-refractivity contribution in [2.75, 3.05) is 14.2 Å². The number of nitrogens with zero attached hydrogens (tertiary/aromatic N) is 1. The van der Waals surface area contributed by atoms with Crippen LogP contribution < -0.4 is 5.73 Å². The molecule has 0 saturated heterocycles. The smallest absolute Gasteiger partial charge is 0.269 e. The van der Waals surface area contributed by atoms with E-state index in [2.05, 4.69) is 0 Å². The predicted molar refractivity (Wildman–Crippen MR) is 63.8 cm³/mol. The molecule has 0 aromatic heterocycles. The van der Waals surface area contributed by atoms with Crippen molar-refractivity contribution in [3.8, 4) is 0 Å². The molecule has 5 heteroatoms. The van der Waals surface area contributed by atoms with E-state index in [4.69, 9.17) is 10.6 Å². The predicted octanol–water partition coefficient (Wildman–Crippen LogP) is 0.818. The SMILES string of the molecule is CON(C)C(=O)C=Cc1cccc(C(N)=O)c1. The minimum atomic E-state index is -0.499. The molecule has 0 radical (unpaired) electrons. The number of hydroxylamine groups is 2. The van der Waals surface area contributed by atoms with E-state index < -0.39 is 5.91 Å². The van der Waals surface area contributed by atoms with Gasteiger partial charge in [-0.2, -0.15) is 0 Å². The molecule has 1 rings (SSSR count). The van der Waals surface area contributed by atoms with Gasteiger partial charge in [-0.05, 0) is 23.8 Å². The molecular weight excluding hydrogens is 220 g/mol. The van der Waals surface area contributed by atoms with Crippen LogP contribution in [-0.2, 0) is 9.63 Å². The summed E-state index contributed by atoms with van der Waals surface area (Å²) in [5.74, 6) is -0.794. The van der Waals surface area contributed by atoms with Crippen molar-refractivity contribution in [1.29, 1.82) is 0 Å². The summed E-state index contributed by atoms with van der Waals surface area (Å²) in [7, 11) is 2.91. The zero-order chi connectivity index (χ0) is 12.8. The number of amides is 2. The van der Waals surface area contributed by atoms with Gasteiger partial charge in [0.1, 0.15) is 0 Å². The van der Waals surface area contributed by atoms with Crippen LogP contribution in [0.5, 0.6) is 0 Å². The normalized spacial score (nSPS) is 10.5. The number of rotatable bonds is 4. The van der Waals surface area contributed by atoms with Crippen LogP contribution in [-0.4, -0.2) is 31.0 Å². The third-order valence-electron chi connectivity index (χ3n) is 2.17. The van der Waals surface area contributed by atoms with Crippen LogP contribution in [0.1, 0.15) is 15.9 Å². The summed E-state index contributed by atoms with van der Waals surface area (Å²) < 4.78 is 0. The van der Waals surface area contributed by atoms with E-state index in [1.165, 1.54) is 20.2 Å². The minimum absolute atomic E-state index is 0.294. The van der Waals surface area contributed by atoms with Crippen LogP contribution >= 0.6 is 0 Å². The highest BCUT2D eigenvalue weighted by molar-refractivity contribution is 5.94. The molecule has 0 aliphatic carbocycles. The Labute approximate surface area is 99.4 Å². The molecule has 0 saturated carbocycles. The molecule has 1 aromatic carbocycles. The van der Waals surface area contributed by atoms with Gasteiger partial charge >= 0.3 is 0 Å². The highest BCUT2D eigenvalue weighted by atomic mass is 16.7. The highest BCUT2D eigenvalue weighted by Crippen LogP contribution is 2.06. The summed E-state index contributed by atoms with van der Waals surface area (Å²) in [6.07, 6.45) is 2.94. The van der Waals surface area contributed by atoms with Gasteiger partial charge in [-0.1, -0.05) is 12.1 Å². The lowest BCUT2D eigenvalue weighted by Crippen LogP contribution is -2.22. The van der Waals surface area contributed by atoms with E-state index >= 15 is 0 Å². The standard InChI is InChI=1S/C12H14N2O3/c1-14(17-2)11(15)7-6-9-4-3-5-10(8-9)12(13)16/h3-8H,1-2H3,(H2,13,16). The van der Waals surface area contributed by atoms with Crippen LogP contribution in [0.25, 0.3) is 6.08 Å². The van der Waals surface area contributed by atoms with E-state index in [9.17, 15) is 9.59 Å². The van der Waals surface area contributed by atoms with Crippen molar-refractivity contribution < 1.29 is 14.4 Å². The second-order valence-electron chi connectivity index (χ2n) is 3.34. The summed E-state index contributed by atoms with van der Waals surface area (Å²) in [5, 5.41) is 1.09.